The zero-order valence-corrected chi connectivity index (χ0v) is 13.5. The molecular weight excluding hydrogens is 252 g/mol. The van der Waals surface area contributed by atoms with Crippen LogP contribution in [0, 0.1) is 5.41 Å². The predicted molar refractivity (Wildman–Crippen MR) is 84.0 cm³/mol. The van der Waals surface area contributed by atoms with Crippen LogP contribution in [-0.4, -0.2) is 57.5 Å². The zero-order chi connectivity index (χ0) is 14.7. The second kappa shape index (κ2) is 10.6. The van der Waals surface area contributed by atoms with Gasteiger partial charge < -0.3 is 15.2 Å². The van der Waals surface area contributed by atoms with Crippen molar-refractivity contribution in [2.45, 2.75) is 46.0 Å². The van der Waals surface area contributed by atoms with E-state index in [4.69, 9.17) is 15.2 Å². The lowest BCUT2D eigenvalue weighted by molar-refractivity contribution is 0.0485. The fourth-order valence-electron chi connectivity index (χ4n) is 3.15. The number of hydrogen-bond donors (Lipinski definition) is 1. The van der Waals surface area contributed by atoms with E-state index in [-0.39, 0.29) is 0 Å². The molecule has 0 unspecified atom stereocenters. The Labute approximate surface area is 125 Å². The Balaban J connectivity index is 2.46. The van der Waals surface area contributed by atoms with E-state index in [0.29, 0.717) is 5.41 Å². The second-order valence-electron chi connectivity index (χ2n) is 5.93. The summed E-state index contributed by atoms with van der Waals surface area (Å²) in [5.74, 6) is 0. The Bertz CT molecular complexity index is 221. The van der Waals surface area contributed by atoms with E-state index in [9.17, 15) is 0 Å². The Kier molecular flexibility index (Phi) is 9.44. The lowest BCUT2D eigenvalue weighted by Crippen LogP contribution is -2.46. The molecule has 4 heteroatoms. The van der Waals surface area contributed by atoms with Crippen molar-refractivity contribution in [1.82, 2.24) is 4.90 Å². The van der Waals surface area contributed by atoms with Crippen LogP contribution in [-0.2, 0) is 9.47 Å². The highest BCUT2D eigenvalue weighted by molar-refractivity contribution is 4.86. The summed E-state index contributed by atoms with van der Waals surface area (Å²) in [7, 11) is 0. The summed E-state index contributed by atoms with van der Waals surface area (Å²) < 4.78 is 11.0. The highest BCUT2D eigenvalue weighted by Crippen LogP contribution is 2.36. The van der Waals surface area contributed by atoms with E-state index in [1.165, 1.54) is 32.1 Å². The van der Waals surface area contributed by atoms with Gasteiger partial charge in [0.25, 0.3) is 0 Å². The molecule has 0 aromatic carbocycles. The van der Waals surface area contributed by atoms with Crippen molar-refractivity contribution in [2.24, 2.45) is 11.1 Å². The zero-order valence-electron chi connectivity index (χ0n) is 13.5. The van der Waals surface area contributed by atoms with E-state index in [0.717, 1.165) is 52.6 Å². The van der Waals surface area contributed by atoms with Crippen molar-refractivity contribution < 1.29 is 9.47 Å². The van der Waals surface area contributed by atoms with Crippen LogP contribution in [0.25, 0.3) is 0 Å². The molecule has 0 aromatic rings. The molecule has 0 amide bonds. The molecule has 0 heterocycles. The third-order valence-electron chi connectivity index (χ3n) is 4.42. The van der Waals surface area contributed by atoms with Crippen molar-refractivity contribution in [3.8, 4) is 0 Å². The topological polar surface area (TPSA) is 47.7 Å². The number of ether oxygens (including phenoxy) is 2. The summed E-state index contributed by atoms with van der Waals surface area (Å²) in [4.78, 5) is 2.49. The fourth-order valence-corrected chi connectivity index (χ4v) is 3.15. The van der Waals surface area contributed by atoms with Crippen molar-refractivity contribution >= 4 is 0 Å². The molecule has 4 nitrogen and oxygen atoms in total. The smallest absolute Gasteiger partial charge is 0.0593 e. The van der Waals surface area contributed by atoms with Crippen LogP contribution in [0.2, 0.25) is 0 Å². The molecule has 1 aliphatic rings. The van der Waals surface area contributed by atoms with Crippen molar-refractivity contribution in [1.29, 1.82) is 0 Å². The Morgan fingerprint density at radius 3 is 1.95 bits per heavy atom. The molecule has 2 N–H and O–H groups in total. The van der Waals surface area contributed by atoms with Gasteiger partial charge in [0, 0.05) is 32.8 Å². The standard InChI is InChI=1S/C16H34N2O2/c1-3-19-12-10-18(11-13-20-4-2)15-16(14-17)8-6-5-7-9-16/h3-15,17H2,1-2H3. The lowest BCUT2D eigenvalue weighted by atomic mass is 9.73. The van der Waals surface area contributed by atoms with Crippen LogP contribution < -0.4 is 5.73 Å². The van der Waals surface area contributed by atoms with E-state index in [2.05, 4.69) is 4.90 Å². The summed E-state index contributed by atoms with van der Waals surface area (Å²) in [5, 5.41) is 0. The summed E-state index contributed by atoms with van der Waals surface area (Å²) in [6, 6.07) is 0. The van der Waals surface area contributed by atoms with Crippen molar-refractivity contribution in [3.63, 3.8) is 0 Å². The summed E-state index contributed by atoms with van der Waals surface area (Å²) >= 11 is 0. The van der Waals surface area contributed by atoms with Gasteiger partial charge >= 0.3 is 0 Å². The minimum atomic E-state index is 0.330. The molecule has 0 aliphatic heterocycles. The molecule has 1 saturated carbocycles. The fraction of sp³-hybridized carbons (Fsp3) is 1.00. The highest BCUT2D eigenvalue weighted by Gasteiger charge is 2.32. The molecule has 1 aliphatic carbocycles. The Morgan fingerprint density at radius 1 is 0.950 bits per heavy atom. The van der Waals surface area contributed by atoms with Crippen LogP contribution in [0.3, 0.4) is 0 Å². The molecule has 0 bridgehead atoms. The van der Waals surface area contributed by atoms with Gasteiger partial charge in [-0.2, -0.15) is 0 Å². The van der Waals surface area contributed by atoms with Gasteiger partial charge in [0.2, 0.25) is 0 Å². The molecule has 20 heavy (non-hydrogen) atoms. The van der Waals surface area contributed by atoms with E-state index < -0.39 is 0 Å². The van der Waals surface area contributed by atoms with Crippen molar-refractivity contribution in [3.05, 3.63) is 0 Å². The molecule has 0 spiro atoms. The second-order valence-corrected chi connectivity index (χ2v) is 5.93. The molecule has 0 aromatic heterocycles. The first-order chi connectivity index (χ1) is 9.76. The maximum Gasteiger partial charge on any atom is 0.0593 e. The predicted octanol–water partition coefficient (Wildman–Crippen LogP) is 2.27. The first-order valence-electron chi connectivity index (χ1n) is 8.34. The van der Waals surface area contributed by atoms with Crippen LogP contribution in [0.4, 0.5) is 0 Å². The van der Waals surface area contributed by atoms with Gasteiger partial charge in [-0.05, 0) is 38.6 Å². The summed E-state index contributed by atoms with van der Waals surface area (Å²) in [6.45, 7) is 11.2. The highest BCUT2D eigenvalue weighted by atomic mass is 16.5. The van der Waals surface area contributed by atoms with Crippen LogP contribution in [0.1, 0.15) is 46.0 Å². The van der Waals surface area contributed by atoms with Gasteiger partial charge in [-0.15, -0.1) is 0 Å². The first kappa shape index (κ1) is 17.9. The molecular formula is C16H34N2O2. The molecule has 1 rings (SSSR count). The summed E-state index contributed by atoms with van der Waals surface area (Å²) in [5.41, 5.74) is 6.44. The largest absolute Gasteiger partial charge is 0.380 e. The van der Waals surface area contributed by atoms with E-state index in [1.807, 2.05) is 13.8 Å². The molecule has 0 saturated heterocycles. The maximum atomic E-state index is 6.11. The first-order valence-corrected chi connectivity index (χ1v) is 8.34. The SMILES string of the molecule is CCOCCN(CCOCC)CC1(CN)CCCCC1. The summed E-state index contributed by atoms with van der Waals surface area (Å²) in [6.07, 6.45) is 6.61. The van der Waals surface area contributed by atoms with Gasteiger partial charge in [0.15, 0.2) is 0 Å². The van der Waals surface area contributed by atoms with Gasteiger partial charge in [-0.3, -0.25) is 4.90 Å². The van der Waals surface area contributed by atoms with E-state index in [1.54, 1.807) is 0 Å². The van der Waals surface area contributed by atoms with Crippen LogP contribution in [0.15, 0.2) is 0 Å². The van der Waals surface area contributed by atoms with Crippen LogP contribution >= 0.6 is 0 Å². The van der Waals surface area contributed by atoms with Gasteiger partial charge in [-0.25, -0.2) is 0 Å². The maximum absolute atomic E-state index is 6.11. The third-order valence-corrected chi connectivity index (χ3v) is 4.42. The molecule has 0 atom stereocenters. The van der Waals surface area contributed by atoms with Gasteiger partial charge in [-0.1, -0.05) is 19.3 Å². The quantitative estimate of drug-likeness (QED) is 0.592. The monoisotopic (exact) mass is 286 g/mol. The molecule has 1 fully saturated rings. The van der Waals surface area contributed by atoms with E-state index >= 15 is 0 Å². The third kappa shape index (κ3) is 6.53. The minimum Gasteiger partial charge on any atom is -0.380 e. The number of nitrogens with two attached hydrogens (primary N) is 1. The molecule has 120 valence electrons. The number of rotatable bonds is 11. The number of nitrogens with zero attached hydrogens (tertiary/aromatic N) is 1. The minimum absolute atomic E-state index is 0.330. The average Bonchev–Trinajstić information content (AvgIpc) is 2.48. The Morgan fingerprint density at radius 2 is 1.50 bits per heavy atom. The lowest BCUT2D eigenvalue weighted by Gasteiger charge is -2.40. The van der Waals surface area contributed by atoms with Gasteiger partial charge in [0.1, 0.15) is 0 Å². The number of hydrogen-bond acceptors (Lipinski definition) is 4. The van der Waals surface area contributed by atoms with Gasteiger partial charge in [0.05, 0.1) is 13.2 Å². The average molecular weight is 286 g/mol. The Hall–Kier alpha value is -0.160. The molecule has 0 radical (unpaired) electrons. The normalized spacial score (nSPS) is 18.6. The van der Waals surface area contributed by atoms with Crippen LogP contribution in [0.5, 0.6) is 0 Å². The van der Waals surface area contributed by atoms with Crippen molar-refractivity contribution in [2.75, 3.05) is 52.6 Å².